The van der Waals surface area contributed by atoms with Crippen LogP contribution in [0, 0.1) is 0 Å². The molecule has 1 heterocycles. The molecule has 0 bridgehead atoms. The number of carbonyl (C=O) groups is 2. The molecule has 0 spiro atoms. The van der Waals surface area contributed by atoms with Gasteiger partial charge in [0.1, 0.15) is 6.04 Å². The number of aliphatic carboxylic acids is 1. The summed E-state index contributed by atoms with van der Waals surface area (Å²) in [4.78, 5) is 27.4. The Morgan fingerprint density at radius 1 is 1.23 bits per heavy atom. The van der Waals surface area contributed by atoms with Gasteiger partial charge in [-0.3, -0.25) is 9.69 Å². The van der Waals surface area contributed by atoms with Crippen molar-refractivity contribution in [2.24, 2.45) is 0 Å². The summed E-state index contributed by atoms with van der Waals surface area (Å²) in [7, 11) is 0. The maximum Gasteiger partial charge on any atom is 0.326 e. The maximum atomic E-state index is 12.5. The Kier molecular flexibility index (Phi) is 5.55. The fourth-order valence-electron chi connectivity index (χ4n) is 2.89. The fraction of sp³-hybridized carbons (Fsp3) is 0.529. The molecule has 1 aromatic carbocycles. The van der Waals surface area contributed by atoms with Crippen molar-refractivity contribution in [1.82, 2.24) is 9.80 Å². The van der Waals surface area contributed by atoms with Crippen LogP contribution < -0.4 is 0 Å². The van der Waals surface area contributed by atoms with Crippen molar-refractivity contribution in [2.75, 3.05) is 19.6 Å². The van der Waals surface area contributed by atoms with Gasteiger partial charge < -0.3 is 10.0 Å². The second-order valence-corrected chi connectivity index (χ2v) is 5.65. The number of amides is 1. The SMILES string of the molecule is CCN(CC)Cc1ccc(C(=O)N2CCCC2C(=O)O)cc1. The summed E-state index contributed by atoms with van der Waals surface area (Å²) < 4.78 is 0. The van der Waals surface area contributed by atoms with Crippen LogP contribution in [0.15, 0.2) is 24.3 Å². The molecule has 5 nitrogen and oxygen atoms in total. The average Bonchev–Trinajstić information content (AvgIpc) is 3.02. The standard InChI is InChI=1S/C17H24N2O3/c1-3-18(4-2)12-13-7-9-14(10-8-13)16(20)19-11-5-6-15(19)17(21)22/h7-10,15H,3-6,11-12H2,1-2H3,(H,21,22). The molecule has 1 unspecified atom stereocenters. The summed E-state index contributed by atoms with van der Waals surface area (Å²) >= 11 is 0. The third kappa shape index (κ3) is 3.65. The van der Waals surface area contributed by atoms with Gasteiger partial charge >= 0.3 is 5.97 Å². The van der Waals surface area contributed by atoms with Crippen LogP contribution in [0.25, 0.3) is 0 Å². The minimum absolute atomic E-state index is 0.181. The maximum absolute atomic E-state index is 12.5. The summed E-state index contributed by atoms with van der Waals surface area (Å²) in [5.41, 5.74) is 1.73. The average molecular weight is 304 g/mol. The molecule has 1 aliphatic rings. The van der Waals surface area contributed by atoms with Gasteiger partial charge in [-0.05, 0) is 43.6 Å². The van der Waals surface area contributed by atoms with Crippen LogP contribution in [-0.4, -0.2) is 52.5 Å². The van der Waals surface area contributed by atoms with Crippen LogP contribution in [0.5, 0.6) is 0 Å². The van der Waals surface area contributed by atoms with Crippen molar-refractivity contribution >= 4 is 11.9 Å². The third-order valence-electron chi connectivity index (χ3n) is 4.30. The van der Waals surface area contributed by atoms with Crippen molar-refractivity contribution in [3.05, 3.63) is 35.4 Å². The van der Waals surface area contributed by atoms with E-state index in [1.165, 1.54) is 4.90 Å². The smallest absolute Gasteiger partial charge is 0.326 e. The van der Waals surface area contributed by atoms with E-state index in [0.29, 0.717) is 18.5 Å². The van der Waals surface area contributed by atoms with Gasteiger partial charge in [0.2, 0.25) is 0 Å². The minimum Gasteiger partial charge on any atom is -0.480 e. The predicted molar refractivity (Wildman–Crippen MR) is 84.8 cm³/mol. The van der Waals surface area contributed by atoms with E-state index in [4.69, 9.17) is 0 Å². The van der Waals surface area contributed by atoms with Crippen molar-refractivity contribution in [1.29, 1.82) is 0 Å². The number of carboxylic acids is 1. The molecule has 1 amide bonds. The molecule has 0 aromatic heterocycles. The highest BCUT2D eigenvalue weighted by Crippen LogP contribution is 2.20. The molecular formula is C17H24N2O3. The first kappa shape index (κ1) is 16.5. The van der Waals surface area contributed by atoms with Crippen molar-refractivity contribution in [2.45, 2.75) is 39.3 Å². The molecular weight excluding hydrogens is 280 g/mol. The normalized spacial score (nSPS) is 18.0. The van der Waals surface area contributed by atoms with Crippen LogP contribution >= 0.6 is 0 Å². The van der Waals surface area contributed by atoms with Gasteiger partial charge in [-0.1, -0.05) is 26.0 Å². The van der Waals surface area contributed by atoms with Crippen molar-refractivity contribution in [3.63, 3.8) is 0 Å². The van der Waals surface area contributed by atoms with E-state index >= 15 is 0 Å². The Morgan fingerprint density at radius 3 is 2.41 bits per heavy atom. The Morgan fingerprint density at radius 2 is 1.86 bits per heavy atom. The molecule has 1 atom stereocenters. The molecule has 1 fully saturated rings. The molecule has 1 aliphatic heterocycles. The number of hydrogen-bond donors (Lipinski definition) is 1. The lowest BCUT2D eigenvalue weighted by Gasteiger charge is -2.22. The first-order chi connectivity index (χ1) is 10.6. The van der Waals surface area contributed by atoms with Crippen LogP contribution in [-0.2, 0) is 11.3 Å². The zero-order valence-corrected chi connectivity index (χ0v) is 13.3. The van der Waals surface area contributed by atoms with Crippen LogP contribution in [0.4, 0.5) is 0 Å². The predicted octanol–water partition coefficient (Wildman–Crippen LogP) is 2.22. The first-order valence-electron chi connectivity index (χ1n) is 7.91. The van der Waals surface area contributed by atoms with Gasteiger partial charge in [0.15, 0.2) is 0 Å². The molecule has 2 rings (SSSR count). The van der Waals surface area contributed by atoms with E-state index in [1.54, 1.807) is 12.1 Å². The first-order valence-corrected chi connectivity index (χ1v) is 7.91. The highest BCUT2D eigenvalue weighted by molar-refractivity contribution is 5.97. The number of benzene rings is 1. The molecule has 120 valence electrons. The Balaban J connectivity index is 2.06. The lowest BCUT2D eigenvalue weighted by Crippen LogP contribution is -2.40. The van der Waals surface area contributed by atoms with Crippen molar-refractivity contribution in [3.8, 4) is 0 Å². The quantitative estimate of drug-likeness (QED) is 0.875. The number of nitrogens with zero attached hydrogens (tertiary/aromatic N) is 2. The molecule has 0 saturated carbocycles. The molecule has 1 aromatic rings. The summed E-state index contributed by atoms with van der Waals surface area (Å²) in [5.74, 6) is -1.09. The van der Waals surface area contributed by atoms with Gasteiger partial charge in [0, 0.05) is 18.7 Å². The number of carboxylic acid groups (broad SMARTS) is 1. The highest BCUT2D eigenvalue weighted by atomic mass is 16.4. The summed E-state index contributed by atoms with van der Waals surface area (Å²) in [6.45, 7) is 7.62. The molecule has 0 radical (unpaired) electrons. The monoisotopic (exact) mass is 304 g/mol. The summed E-state index contributed by atoms with van der Waals surface area (Å²) in [6, 6.07) is 6.84. The van der Waals surface area contributed by atoms with Gasteiger partial charge in [-0.2, -0.15) is 0 Å². The Hall–Kier alpha value is -1.88. The van der Waals surface area contributed by atoms with E-state index in [2.05, 4.69) is 18.7 Å². The highest BCUT2D eigenvalue weighted by Gasteiger charge is 2.34. The number of hydrogen-bond acceptors (Lipinski definition) is 3. The lowest BCUT2D eigenvalue weighted by atomic mass is 10.1. The van der Waals surface area contributed by atoms with Crippen LogP contribution in [0.1, 0.15) is 42.6 Å². The van der Waals surface area contributed by atoms with E-state index in [1.807, 2.05) is 12.1 Å². The molecule has 22 heavy (non-hydrogen) atoms. The Bertz CT molecular complexity index is 523. The topological polar surface area (TPSA) is 60.9 Å². The van der Waals surface area contributed by atoms with E-state index < -0.39 is 12.0 Å². The van der Waals surface area contributed by atoms with E-state index in [0.717, 1.165) is 31.6 Å². The zero-order valence-electron chi connectivity index (χ0n) is 13.3. The third-order valence-corrected chi connectivity index (χ3v) is 4.30. The van der Waals surface area contributed by atoms with Gasteiger partial charge in [0.05, 0.1) is 0 Å². The van der Waals surface area contributed by atoms with Crippen molar-refractivity contribution < 1.29 is 14.7 Å². The fourth-order valence-corrected chi connectivity index (χ4v) is 2.89. The number of likely N-dealkylation sites (tertiary alicyclic amines) is 1. The molecule has 0 aliphatic carbocycles. The lowest BCUT2D eigenvalue weighted by molar-refractivity contribution is -0.141. The van der Waals surface area contributed by atoms with E-state index in [-0.39, 0.29) is 5.91 Å². The minimum atomic E-state index is -0.913. The molecule has 5 heteroatoms. The second-order valence-electron chi connectivity index (χ2n) is 5.65. The van der Waals surface area contributed by atoms with Crippen LogP contribution in [0.3, 0.4) is 0 Å². The number of carbonyl (C=O) groups excluding carboxylic acids is 1. The zero-order chi connectivity index (χ0) is 16.1. The summed E-state index contributed by atoms with van der Waals surface area (Å²) in [6.07, 6.45) is 1.30. The Labute approximate surface area is 131 Å². The number of rotatable bonds is 6. The van der Waals surface area contributed by atoms with Gasteiger partial charge in [-0.25, -0.2) is 4.79 Å². The second kappa shape index (κ2) is 7.40. The van der Waals surface area contributed by atoms with Crippen LogP contribution in [0.2, 0.25) is 0 Å². The molecule has 1 N–H and O–H groups in total. The summed E-state index contributed by atoms with van der Waals surface area (Å²) in [5, 5.41) is 9.18. The van der Waals surface area contributed by atoms with Gasteiger partial charge in [0.25, 0.3) is 5.91 Å². The molecule has 1 saturated heterocycles. The van der Waals surface area contributed by atoms with Gasteiger partial charge in [-0.15, -0.1) is 0 Å². The largest absolute Gasteiger partial charge is 0.480 e. The van der Waals surface area contributed by atoms with E-state index in [9.17, 15) is 14.7 Å².